The second kappa shape index (κ2) is 12.5. The van der Waals surface area contributed by atoms with E-state index in [1.54, 1.807) is 0 Å². The average molecular weight is 690 g/mol. The fourth-order valence-corrected chi connectivity index (χ4v) is 9.99. The molecule has 0 aromatic carbocycles. The van der Waals surface area contributed by atoms with E-state index in [-0.39, 0.29) is 6.42 Å². The number of carbonyl (C=O) groups is 1. The third-order valence-electron chi connectivity index (χ3n) is 8.56. The van der Waals surface area contributed by atoms with Gasteiger partial charge >= 0.3 is 31.3 Å². The highest BCUT2D eigenvalue weighted by atomic mass is 32.2. The number of hydrogen-bond donors (Lipinski definition) is 0. The lowest BCUT2D eigenvalue weighted by Crippen LogP contribution is -2.57. The standard InChI is InChI=1S/C24H37F6NO9S2Si/c1-8-43(9-2,10-3)40-16-11-12-17(38-41(33,34)23(25,26)27)21(4)14-13-18(39-42(35,36)24(28,29)30)22(5,20(16)21)15-19(32)31(6)37-7/h12-13,16,20H,8-11,14-15H2,1-7H3/t16-,20-,21-,22-/m0/s1. The van der Waals surface area contributed by atoms with Crippen molar-refractivity contribution in [1.82, 2.24) is 5.06 Å². The van der Waals surface area contributed by atoms with Crippen LogP contribution in [0.15, 0.2) is 23.7 Å². The van der Waals surface area contributed by atoms with E-state index in [9.17, 15) is 48.0 Å². The van der Waals surface area contributed by atoms with Gasteiger partial charge in [-0.15, -0.1) is 0 Å². The largest absolute Gasteiger partial charge is 0.534 e. The average Bonchev–Trinajstić information content (AvgIpc) is 2.88. The van der Waals surface area contributed by atoms with E-state index >= 15 is 0 Å². The molecule has 0 saturated heterocycles. The molecule has 0 N–H and O–H groups in total. The van der Waals surface area contributed by atoms with Crippen molar-refractivity contribution in [3.8, 4) is 0 Å². The van der Waals surface area contributed by atoms with Crippen molar-refractivity contribution < 1.29 is 65.6 Å². The highest BCUT2D eigenvalue weighted by Crippen LogP contribution is 2.62. The minimum atomic E-state index is -6.26. The van der Waals surface area contributed by atoms with Crippen molar-refractivity contribution in [2.75, 3.05) is 14.2 Å². The van der Waals surface area contributed by atoms with E-state index in [0.29, 0.717) is 18.1 Å². The minimum Gasteiger partial charge on any atom is -0.413 e. The zero-order valence-corrected chi connectivity index (χ0v) is 27.4. The van der Waals surface area contributed by atoms with Gasteiger partial charge in [0.15, 0.2) is 8.32 Å². The Bertz CT molecular complexity index is 1320. The lowest BCUT2D eigenvalue weighted by Gasteiger charge is -2.56. The Balaban J connectivity index is 2.91. The molecule has 0 saturated carbocycles. The Labute approximate surface area is 248 Å². The number of hydrogen-bond acceptors (Lipinski definition) is 9. The van der Waals surface area contributed by atoms with E-state index < -0.39 is 92.7 Å². The van der Waals surface area contributed by atoms with Crippen LogP contribution in [0.4, 0.5) is 26.3 Å². The van der Waals surface area contributed by atoms with Crippen LogP contribution in [0.2, 0.25) is 18.1 Å². The van der Waals surface area contributed by atoms with Gasteiger partial charge in [0.05, 0.1) is 13.2 Å². The second-order valence-electron chi connectivity index (χ2n) is 11.0. The lowest BCUT2D eigenvalue weighted by atomic mass is 9.52. The van der Waals surface area contributed by atoms with Crippen LogP contribution in [-0.4, -0.2) is 67.4 Å². The van der Waals surface area contributed by atoms with Gasteiger partial charge in [-0.3, -0.25) is 9.63 Å². The molecule has 250 valence electrons. The number of nitrogens with zero attached hydrogens (tertiary/aromatic N) is 1. The summed E-state index contributed by atoms with van der Waals surface area (Å²) in [6.45, 7) is 8.18. The molecule has 0 spiro atoms. The number of amides is 1. The van der Waals surface area contributed by atoms with Crippen molar-refractivity contribution in [1.29, 1.82) is 0 Å². The maximum Gasteiger partial charge on any atom is 0.534 e. The Morgan fingerprint density at radius 1 is 0.930 bits per heavy atom. The minimum absolute atomic E-state index is 0.249. The number of fused-ring (bicyclic) bond motifs is 1. The molecule has 2 rings (SSSR count). The van der Waals surface area contributed by atoms with E-state index in [2.05, 4.69) is 8.37 Å². The molecule has 2 aliphatic carbocycles. The number of alkyl halides is 6. The first-order chi connectivity index (χ1) is 19.4. The molecule has 43 heavy (non-hydrogen) atoms. The molecule has 10 nitrogen and oxygen atoms in total. The van der Waals surface area contributed by atoms with Crippen molar-refractivity contribution in [2.45, 2.75) is 89.1 Å². The van der Waals surface area contributed by atoms with Crippen LogP contribution in [-0.2, 0) is 42.7 Å². The highest BCUT2D eigenvalue weighted by molar-refractivity contribution is 7.88. The highest BCUT2D eigenvalue weighted by Gasteiger charge is 2.63. The molecule has 1 amide bonds. The predicted octanol–water partition coefficient (Wildman–Crippen LogP) is 5.72. The fourth-order valence-electron chi connectivity index (χ4n) is 5.94. The number of carbonyl (C=O) groups excluding carboxylic acids is 1. The molecule has 0 aromatic heterocycles. The van der Waals surface area contributed by atoms with Crippen molar-refractivity contribution in [3.05, 3.63) is 23.7 Å². The summed E-state index contributed by atoms with van der Waals surface area (Å²) in [6.07, 6.45) is -0.508. The number of halogens is 6. The third kappa shape index (κ3) is 7.20. The first-order valence-electron chi connectivity index (χ1n) is 13.3. The van der Waals surface area contributed by atoms with E-state index in [1.807, 2.05) is 20.8 Å². The van der Waals surface area contributed by atoms with Gasteiger partial charge in [-0.05, 0) is 43.1 Å². The van der Waals surface area contributed by atoms with Crippen LogP contribution >= 0.6 is 0 Å². The lowest BCUT2D eigenvalue weighted by molar-refractivity contribution is -0.174. The van der Waals surface area contributed by atoms with E-state index in [4.69, 9.17) is 9.26 Å². The summed E-state index contributed by atoms with van der Waals surface area (Å²) in [4.78, 5) is 18.1. The van der Waals surface area contributed by atoms with Gasteiger partial charge in [0, 0.05) is 30.2 Å². The smallest absolute Gasteiger partial charge is 0.413 e. The fraction of sp³-hybridized carbons (Fsp3) is 0.792. The third-order valence-corrected chi connectivity index (χ3v) is 15.2. The predicted molar refractivity (Wildman–Crippen MR) is 144 cm³/mol. The SMILES string of the molecule is CC[Si](CC)(CC)O[C@H]1CC=C(OS(=O)(=O)C(F)(F)F)[C@]2(C)CC=C(OS(=O)(=O)C(F)(F)F)[C@](C)(CC(=O)N(C)OC)[C@@H]12. The Hall–Kier alpha value is -1.83. The maximum atomic E-state index is 13.4. The van der Waals surface area contributed by atoms with Crippen LogP contribution < -0.4 is 0 Å². The Kier molecular flexibility index (Phi) is 10.9. The second-order valence-corrected chi connectivity index (χ2v) is 18.8. The van der Waals surface area contributed by atoms with Crippen LogP contribution in [0.1, 0.15) is 53.9 Å². The quantitative estimate of drug-likeness (QED) is 0.0832. The summed E-state index contributed by atoms with van der Waals surface area (Å²) in [6, 6.07) is 1.75. The van der Waals surface area contributed by atoms with Crippen LogP contribution in [0, 0.1) is 16.7 Å². The molecular formula is C24H37F6NO9S2Si. The molecular weight excluding hydrogens is 652 g/mol. The summed E-state index contributed by atoms with van der Waals surface area (Å²) in [5.74, 6) is -3.62. The summed E-state index contributed by atoms with van der Waals surface area (Å²) >= 11 is 0. The summed E-state index contributed by atoms with van der Waals surface area (Å²) < 4.78 is 145. The van der Waals surface area contributed by atoms with Gasteiger partial charge in [0.25, 0.3) is 0 Å². The van der Waals surface area contributed by atoms with Gasteiger partial charge in [-0.2, -0.15) is 43.2 Å². The number of allylic oxidation sites excluding steroid dienone is 3. The summed E-state index contributed by atoms with van der Waals surface area (Å²) in [5, 5.41) is 0.732. The van der Waals surface area contributed by atoms with Gasteiger partial charge in [-0.25, -0.2) is 5.06 Å². The monoisotopic (exact) mass is 689 g/mol. The molecule has 2 aliphatic rings. The van der Waals surface area contributed by atoms with Crippen LogP contribution in [0.3, 0.4) is 0 Å². The Morgan fingerprint density at radius 3 is 1.81 bits per heavy atom. The molecule has 0 bridgehead atoms. The number of hydroxylamine groups is 2. The van der Waals surface area contributed by atoms with Crippen molar-refractivity contribution >= 4 is 34.5 Å². The van der Waals surface area contributed by atoms with Gasteiger partial charge < -0.3 is 12.8 Å². The number of rotatable bonds is 12. The molecule has 4 atom stereocenters. The van der Waals surface area contributed by atoms with Gasteiger partial charge in [-0.1, -0.05) is 34.6 Å². The zero-order chi connectivity index (χ0) is 33.4. The first kappa shape index (κ1) is 37.4. The van der Waals surface area contributed by atoms with Crippen molar-refractivity contribution in [2.24, 2.45) is 16.7 Å². The van der Waals surface area contributed by atoms with Crippen molar-refractivity contribution in [3.63, 3.8) is 0 Å². The zero-order valence-electron chi connectivity index (χ0n) is 24.8. The summed E-state index contributed by atoms with van der Waals surface area (Å²) in [7, 11) is -12.7. The van der Waals surface area contributed by atoms with Crippen LogP contribution in [0.5, 0.6) is 0 Å². The summed E-state index contributed by atoms with van der Waals surface area (Å²) in [5.41, 5.74) is -15.4. The molecule has 0 unspecified atom stereocenters. The van der Waals surface area contributed by atoms with E-state index in [0.717, 1.165) is 24.3 Å². The normalized spacial score (nSPS) is 27.1. The molecule has 0 fully saturated rings. The van der Waals surface area contributed by atoms with Gasteiger partial charge in [0.2, 0.25) is 5.91 Å². The molecule has 0 aliphatic heterocycles. The first-order valence-corrected chi connectivity index (χ1v) is 18.7. The topological polar surface area (TPSA) is 126 Å². The Morgan fingerprint density at radius 2 is 1.40 bits per heavy atom. The van der Waals surface area contributed by atoms with Crippen LogP contribution in [0.25, 0.3) is 0 Å². The van der Waals surface area contributed by atoms with Gasteiger partial charge in [0.1, 0.15) is 11.5 Å². The molecule has 0 radical (unpaired) electrons. The molecule has 19 heteroatoms. The maximum absolute atomic E-state index is 13.4. The van der Waals surface area contributed by atoms with E-state index in [1.165, 1.54) is 20.9 Å². The molecule has 0 heterocycles. The molecule has 0 aromatic rings.